The number of carbonyl (C=O) groups excluding carboxylic acids is 1. The first-order valence-electron chi connectivity index (χ1n) is 31.4. The van der Waals surface area contributed by atoms with Gasteiger partial charge in [0.05, 0.1) is 16.3 Å². The van der Waals surface area contributed by atoms with Gasteiger partial charge < -0.3 is 19.3 Å². The molecule has 0 radical (unpaired) electrons. The van der Waals surface area contributed by atoms with Crippen LogP contribution in [0.5, 0.6) is 11.5 Å². The van der Waals surface area contributed by atoms with Gasteiger partial charge in [0.1, 0.15) is 19.3 Å². The molecular formula is C70H84N2O6S7. The van der Waals surface area contributed by atoms with Crippen LogP contribution in [-0.2, 0) is 40.0 Å². The number of ether oxygens (including phenoxy) is 3. The Labute approximate surface area is 534 Å². The fourth-order valence-corrected chi connectivity index (χ4v) is 19.8. The molecular weight excluding hydrogens is 1190 g/mol. The maximum absolute atomic E-state index is 12.0. The number of thiophene rings is 7. The van der Waals surface area contributed by atoms with E-state index in [4.69, 9.17) is 20.8 Å². The Balaban J connectivity index is 1.15. The minimum Gasteiger partial charge on any atom is -0.486 e. The highest BCUT2D eigenvalue weighted by Crippen LogP contribution is 2.58. The van der Waals surface area contributed by atoms with Crippen molar-refractivity contribution in [3.05, 3.63) is 103 Å². The zero-order chi connectivity index (χ0) is 59.8. The summed E-state index contributed by atoms with van der Waals surface area (Å²) in [6.45, 7) is 17.9. The predicted octanol–water partition coefficient (Wildman–Crippen LogP) is 23.9. The van der Waals surface area contributed by atoms with Gasteiger partial charge in [0.2, 0.25) is 5.76 Å². The van der Waals surface area contributed by atoms with Crippen LogP contribution in [0.1, 0.15) is 214 Å². The molecule has 15 heteroatoms. The van der Waals surface area contributed by atoms with Crippen molar-refractivity contribution in [2.24, 2.45) is 0 Å². The normalized spacial score (nSPS) is 12.5. The molecule has 0 spiro atoms. The Hall–Kier alpha value is -5.10. The highest BCUT2D eigenvalue weighted by Gasteiger charge is 2.30. The van der Waals surface area contributed by atoms with Crippen molar-refractivity contribution in [3.63, 3.8) is 0 Å². The highest BCUT2D eigenvalue weighted by molar-refractivity contribution is 7.31. The van der Waals surface area contributed by atoms with Gasteiger partial charge in [-0.2, -0.15) is 5.26 Å². The van der Waals surface area contributed by atoms with Gasteiger partial charge in [-0.1, -0.05) is 156 Å². The minimum absolute atomic E-state index is 0.00509. The third kappa shape index (κ3) is 18.5. The molecule has 7 aromatic heterocycles. The van der Waals surface area contributed by atoms with Gasteiger partial charge in [-0.15, -0.1) is 79.4 Å². The van der Waals surface area contributed by atoms with Crippen LogP contribution in [0, 0.1) is 17.9 Å². The molecule has 0 fully saturated rings. The van der Waals surface area contributed by atoms with Gasteiger partial charge in [-0.05, 0) is 128 Å². The molecule has 0 bridgehead atoms. The molecule has 7 aromatic rings. The van der Waals surface area contributed by atoms with Crippen molar-refractivity contribution < 1.29 is 28.9 Å². The smallest absolute Gasteiger partial charge is 0.333 e. The number of nitriles is 1. The zero-order valence-corrected chi connectivity index (χ0v) is 56.0. The third-order valence-corrected chi connectivity index (χ3v) is 24.6. The molecule has 0 amide bonds. The Morgan fingerprint density at radius 1 is 0.506 bits per heavy atom. The zero-order valence-electron chi connectivity index (χ0n) is 50.3. The number of unbranched alkanes of at least 4 members (excludes halogenated alkanes) is 20. The van der Waals surface area contributed by atoms with E-state index in [9.17, 15) is 20.0 Å². The number of fused-ring (bicyclic) bond motifs is 1. The third-order valence-electron chi connectivity index (χ3n) is 15.6. The molecule has 8 nitrogen and oxygen atoms in total. The number of rotatable bonds is 39. The second-order valence-corrected chi connectivity index (χ2v) is 29.7. The summed E-state index contributed by atoms with van der Waals surface area (Å²) in [6.07, 6.45) is 36.3. The molecule has 0 saturated heterocycles. The van der Waals surface area contributed by atoms with E-state index in [-0.39, 0.29) is 11.5 Å². The Morgan fingerprint density at radius 2 is 0.859 bits per heavy atom. The van der Waals surface area contributed by atoms with Crippen LogP contribution >= 0.6 is 79.4 Å². The molecule has 0 aliphatic carbocycles. The first-order valence-corrected chi connectivity index (χ1v) is 37.1. The lowest BCUT2D eigenvalue weighted by Gasteiger charge is -2.16. The number of aryl methyl sites for hydroxylation is 4. The number of hydrogen-bond donors (Lipinski definition) is 1. The van der Waals surface area contributed by atoms with Crippen molar-refractivity contribution in [1.29, 1.82) is 5.26 Å². The standard InChI is InChI=1S/C70H84N2O6S7/c1-6-10-14-18-22-26-30-48-40-53(44-52(46-71)78-47-73)79-64(48)56-34-36-58(81-56)66-50(32-28-24-20-16-12-8-3)42-60(83-66)68-62-63(77-39-38-76-62)69(85-68)61-43-51(33-29-25-21-17-13-9-4)67(84-61)59-37-35-57(82-59)65-49(31-27-23-19-15-11-7-2)41-54(80-65)45-55(72-5)70(74)75/h34-37,40-45,47H,6-33,38-39H2,1-4H3,(H,74,75)/b52-44+,55-45-. The summed E-state index contributed by atoms with van der Waals surface area (Å²) in [5.74, 6) is 0.495. The average molecular weight is 1270 g/mol. The van der Waals surface area contributed by atoms with Crippen LogP contribution in [-0.4, -0.2) is 30.8 Å². The summed E-state index contributed by atoms with van der Waals surface area (Å²) in [4.78, 5) is 42.8. The molecule has 8 rings (SSSR count). The van der Waals surface area contributed by atoms with E-state index in [1.807, 2.05) is 51.4 Å². The number of carboxylic acid groups (broad SMARTS) is 1. The number of allylic oxidation sites excluding steroid dienone is 1. The fourth-order valence-electron chi connectivity index (χ4n) is 11.1. The van der Waals surface area contributed by atoms with Gasteiger partial charge >= 0.3 is 5.97 Å². The second kappa shape index (κ2) is 35.0. The summed E-state index contributed by atoms with van der Waals surface area (Å²) < 4.78 is 18.4. The molecule has 0 unspecified atom stereocenters. The SMILES string of the molecule is [C-]#[N+]/C(=C\c1cc(CCCCCCCC)c(-c2ccc(-c3sc(-c4sc(-c5cc(CCCCCCCC)c(-c6ccc(-c7sc(/C=C(\C#N)OC=O)cc7CCCCCCCC)s6)s5)c5c4OCCO5)cc3CCCCCCCC)s2)s1)C(=O)O. The average Bonchev–Trinajstić information content (AvgIpc) is 2.67. The Morgan fingerprint density at radius 3 is 1.21 bits per heavy atom. The Bertz CT molecular complexity index is 3390. The summed E-state index contributed by atoms with van der Waals surface area (Å²) in [7, 11) is 0. The van der Waals surface area contributed by atoms with Gasteiger partial charge in [0.25, 0.3) is 12.2 Å². The maximum atomic E-state index is 12.0. The summed E-state index contributed by atoms with van der Waals surface area (Å²) in [5.41, 5.74) is 4.99. The lowest BCUT2D eigenvalue weighted by atomic mass is 10.0. The van der Waals surface area contributed by atoms with Crippen LogP contribution in [0.15, 0.2) is 60.0 Å². The van der Waals surface area contributed by atoms with E-state index in [2.05, 4.69) is 81.1 Å². The molecule has 85 heavy (non-hydrogen) atoms. The summed E-state index contributed by atoms with van der Waals surface area (Å²) in [6, 6.07) is 20.3. The van der Waals surface area contributed by atoms with Crippen LogP contribution in [0.2, 0.25) is 0 Å². The van der Waals surface area contributed by atoms with E-state index in [0.717, 1.165) is 88.8 Å². The van der Waals surface area contributed by atoms with Crippen molar-refractivity contribution in [1.82, 2.24) is 0 Å². The van der Waals surface area contributed by atoms with Crippen LogP contribution in [0.25, 0.3) is 75.5 Å². The van der Waals surface area contributed by atoms with Crippen molar-refractivity contribution in [2.75, 3.05) is 13.2 Å². The van der Waals surface area contributed by atoms with E-state index >= 15 is 0 Å². The molecule has 1 N–H and O–H groups in total. The molecule has 1 aliphatic rings. The largest absolute Gasteiger partial charge is 0.486 e. The predicted molar refractivity (Wildman–Crippen MR) is 366 cm³/mol. The molecule has 0 aromatic carbocycles. The first-order chi connectivity index (χ1) is 41.7. The second-order valence-electron chi connectivity index (χ2n) is 22.2. The monoisotopic (exact) mass is 1270 g/mol. The van der Waals surface area contributed by atoms with E-state index < -0.39 is 5.97 Å². The minimum atomic E-state index is -1.20. The maximum Gasteiger partial charge on any atom is 0.333 e. The highest BCUT2D eigenvalue weighted by atomic mass is 32.1. The topological polar surface area (TPSA) is 110 Å². The first kappa shape index (κ1) is 65.9. The van der Waals surface area contributed by atoms with E-state index in [0.29, 0.717) is 19.7 Å². The number of nitrogens with zero attached hydrogens (tertiary/aromatic N) is 2. The van der Waals surface area contributed by atoms with Crippen molar-refractivity contribution >= 4 is 104 Å². The summed E-state index contributed by atoms with van der Waals surface area (Å²) >= 11 is 12.5. The van der Waals surface area contributed by atoms with Gasteiger partial charge in [-0.25, -0.2) is 4.85 Å². The quantitative estimate of drug-likeness (QED) is 0.0102. The molecule has 8 heterocycles. The Kier molecular flexibility index (Phi) is 27.1. The summed E-state index contributed by atoms with van der Waals surface area (Å²) in [5, 5.41) is 19.5. The molecule has 0 saturated carbocycles. The molecule has 452 valence electrons. The van der Waals surface area contributed by atoms with Gasteiger partial charge in [-0.3, -0.25) is 9.59 Å². The lowest BCUT2D eigenvalue weighted by Crippen LogP contribution is -2.14. The van der Waals surface area contributed by atoms with E-state index in [1.165, 1.54) is 199 Å². The van der Waals surface area contributed by atoms with Crippen LogP contribution < -0.4 is 9.47 Å². The van der Waals surface area contributed by atoms with Gasteiger partial charge in [0, 0.05) is 64.6 Å². The van der Waals surface area contributed by atoms with Crippen LogP contribution in [0.4, 0.5) is 0 Å². The fraction of sp³-hybridized carbons (Fsp3) is 0.486. The number of carbonyl (C=O) groups is 2. The molecule has 0 atom stereocenters. The van der Waals surface area contributed by atoms with Gasteiger partial charge in [0.15, 0.2) is 11.5 Å². The number of carboxylic acids is 1. The van der Waals surface area contributed by atoms with Crippen LogP contribution in [0.3, 0.4) is 0 Å². The number of aliphatic carboxylic acids is 1. The van der Waals surface area contributed by atoms with E-state index in [1.54, 1.807) is 40.1 Å². The molecule has 1 aliphatic heterocycles. The lowest BCUT2D eigenvalue weighted by molar-refractivity contribution is -0.132. The van der Waals surface area contributed by atoms with Crippen molar-refractivity contribution in [3.8, 4) is 76.1 Å². The van der Waals surface area contributed by atoms with Crippen molar-refractivity contribution in [2.45, 2.75) is 207 Å². The number of hydrogen-bond acceptors (Lipinski definition) is 13.